The molecule has 1 aliphatic heterocycles. The maximum absolute atomic E-state index is 12.7. The largest absolute Gasteiger partial charge is 0.444 e. The standard InChI is InChI=1S/C21H24Cl2N4O3/c22-17-12-25-13-18(23)19(17)27-8-6-15(7-9-27)20(28)26-11-16(30-21(24)29)10-14-4-2-1-3-5-14/h1-5,12-13,15-16H,6-11H2,(H2,24,29)(H,26,28). The average Bonchev–Trinajstić information content (AvgIpc) is 2.72. The van der Waals surface area contributed by atoms with Crippen LogP contribution in [0.2, 0.25) is 10.0 Å². The van der Waals surface area contributed by atoms with Gasteiger partial charge < -0.3 is 20.7 Å². The molecule has 1 atom stereocenters. The maximum Gasteiger partial charge on any atom is 0.404 e. The number of piperidine rings is 1. The smallest absolute Gasteiger partial charge is 0.404 e. The lowest BCUT2D eigenvalue weighted by Gasteiger charge is -2.34. The summed E-state index contributed by atoms with van der Waals surface area (Å²) in [6.07, 6.45) is 3.55. The van der Waals surface area contributed by atoms with Crippen LogP contribution in [0.5, 0.6) is 0 Å². The van der Waals surface area contributed by atoms with Crippen molar-refractivity contribution < 1.29 is 14.3 Å². The fraction of sp³-hybridized carbons (Fsp3) is 0.381. The average molecular weight is 451 g/mol. The predicted octanol–water partition coefficient (Wildman–Crippen LogP) is 3.43. The van der Waals surface area contributed by atoms with Crippen LogP contribution in [0.25, 0.3) is 0 Å². The Morgan fingerprint density at radius 1 is 1.17 bits per heavy atom. The summed E-state index contributed by atoms with van der Waals surface area (Å²) in [5.74, 6) is -0.195. The number of nitrogens with one attached hydrogen (secondary N) is 1. The molecule has 3 N–H and O–H groups in total. The number of benzene rings is 1. The molecule has 2 amide bonds. The third-order valence-corrected chi connectivity index (χ3v) is 5.66. The first-order valence-electron chi connectivity index (χ1n) is 9.75. The van der Waals surface area contributed by atoms with Gasteiger partial charge in [-0.2, -0.15) is 0 Å². The molecule has 0 bridgehead atoms. The number of carbonyl (C=O) groups is 2. The second-order valence-electron chi connectivity index (χ2n) is 7.21. The molecule has 1 fully saturated rings. The van der Waals surface area contributed by atoms with Crippen LogP contribution in [0.4, 0.5) is 10.5 Å². The molecule has 9 heteroatoms. The van der Waals surface area contributed by atoms with Crippen molar-refractivity contribution >= 4 is 40.9 Å². The summed E-state index contributed by atoms with van der Waals surface area (Å²) in [5, 5.41) is 3.90. The van der Waals surface area contributed by atoms with Gasteiger partial charge in [-0.25, -0.2) is 4.79 Å². The number of anilines is 1. The predicted molar refractivity (Wildman–Crippen MR) is 117 cm³/mol. The molecule has 1 unspecified atom stereocenters. The van der Waals surface area contributed by atoms with Crippen molar-refractivity contribution in [3.63, 3.8) is 0 Å². The highest BCUT2D eigenvalue weighted by Gasteiger charge is 2.27. The third kappa shape index (κ3) is 6.00. The van der Waals surface area contributed by atoms with Crippen molar-refractivity contribution in [2.24, 2.45) is 11.7 Å². The van der Waals surface area contributed by atoms with E-state index in [1.165, 1.54) is 0 Å². The van der Waals surface area contributed by atoms with E-state index in [-0.39, 0.29) is 18.4 Å². The Kier molecular flexibility index (Phi) is 7.76. The fourth-order valence-electron chi connectivity index (χ4n) is 3.63. The Morgan fingerprint density at radius 3 is 2.40 bits per heavy atom. The monoisotopic (exact) mass is 450 g/mol. The quantitative estimate of drug-likeness (QED) is 0.673. The summed E-state index contributed by atoms with van der Waals surface area (Å²) in [4.78, 5) is 29.9. The Balaban J connectivity index is 1.52. The summed E-state index contributed by atoms with van der Waals surface area (Å²) in [7, 11) is 0. The number of hydrogen-bond acceptors (Lipinski definition) is 5. The number of nitrogens with two attached hydrogens (primary N) is 1. The molecule has 30 heavy (non-hydrogen) atoms. The van der Waals surface area contributed by atoms with E-state index in [0.717, 1.165) is 11.3 Å². The van der Waals surface area contributed by atoms with Crippen LogP contribution in [0.1, 0.15) is 18.4 Å². The van der Waals surface area contributed by atoms with Crippen molar-refractivity contribution in [3.05, 3.63) is 58.3 Å². The van der Waals surface area contributed by atoms with E-state index in [1.807, 2.05) is 30.3 Å². The number of rotatable bonds is 7. The lowest BCUT2D eigenvalue weighted by Crippen LogP contribution is -2.44. The van der Waals surface area contributed by atoms with Crippen LogP contribution in [0, 0.1) is 5.92 Å². The van der Waals surface area contributed by atoms with E-state index in [0.29, 0.717) is 42.4 Å². The topological polar surface area (TPSA) is 97.6 Å². The van der Waals surface area contributed by atoms with Crippen molar-refractivity contribution in [2.75, 3.05) is 24.5 Å². The SMILES string of the molecule is NC(=O)OC(CNC(=O)C1CCN(c2c(Cl)cncc2Cl)CC1)Cc1ccccc1. The van der Waals surface area contributed by atoms with Gasteiger partial charge in [0.1, 0.15) is 6.10 Å². The number of carbonyl (C=O) groups excluding carboxylic acids is 2. The zero-order valence-electron chi connectivity index (χ0n) is 16.4. The van der Waals surface area contributed by atoms with Gasteiger partial charge in [-0.1, -0.05) is 53.5 Å². The number of halogens is 2. The highest BCUT2D eigenvalue weighted by molar-refractivity contribution is 6.38. The number of hydrogen-bond donors (Lipinski definition) is 2. The summed E-state index contributed by atoms with van der Waals surface area (Å²) < 4.78 is 5.17. The number of primary amides is 1. The van der Waals surface area contributed by atoms with Crippen molar-refractivity contribution in [1.82, 2.24) is 10.3 Å². The molecule has 0 radical (unpaired) electrons. The highest BCUT2D eigenvalue weighted by atomic mass is 35.5. The van der Waals surface area contributed by atoms with Crippen molar-refractivity contribution in [2.45, 2.75) is 25.4 Å². The minimum Gasteiger partial charge on any atom is -0.444 e. The van der Waals surface area contributed by atoms with Gasteiger partial charge in [0, 0.05) is 37.8 Å². The summed E-state index contributed by atoms with van der Waals surface area (Å²) in [5.41, 5.74) is 6.94. The van der Waals surface area contributed by atoms with Gasteiger partial charge in [-0.15, -0.1) is 0 Å². The normalized spacial score (nSPS) is 15.5. The number of ether oxygens (including phenoxy) is 1. The second-order valence-corrected chi connectivity index (χ2v) is 8.02. The molecule has 2 heterocycles. The van der Waals surface area contributed by atoms with E-state index < -0.39 is 12.2 Å². The van der Waals surface area contributed by atoms with Gasteiger partial charge in [-0.05, 0) is 18.4 Å². The van der Waals surface area contributed by atoms with Crippen molar-refractivity contribution in [1.29, 1.82) is 0 Å². The number of aromatic nitrogens is 1. The van der Waals surface area contributed by atoms with Gasteiger partial charge in [0.15, 0.2) is 0 Å². The first-order chi connectivity index (χ1) is 14.4. The molecule has 1 saturated heterocycles. The Labute approximate surface area is 185 Å². The van der Waals surface area contributed by atoms with Gasteiger partial charge >= 0.3 is 6.09 Å². The van der Waals surface area contributed by atoms with E-state index in [1.54, 1.807) is 12.4 Å². The Bertz CT molecular complexity index is 854. The molecule has 1 aromatic carbocycles. The van der Waals surface area contributed by atoms with Crippen LogP contribution in [-0.2, 0) is 16.0 Å². The lowest BCUT2D eigenvalue weighted by molar-refractivity contribution is -0.126. The van der Waals surface area contributed by atoms with Crippen LogP contribution < -0.4 is 16.0 Å². The number of pyridine rings is 1. The molecule has 3 rings (SSSR count). The van der Waals surface area contributed by atoms with Gasteiger partial charge in [0.25, 0.3) is 0 Å². The van der Waals surface area contributed by atoms with Crippen LogP contribution >= 0.6 is 23.2 Å². The van der Waals surface area contributed by atoms with Crippen LogP contribution in [-0.4, -0.2) is 42.7 Å². The number of amides is 2. The Morgan fingerprint density at radius 2 is 1.80 bits per heavy atom. The molecule has 0 spiro atoms. The summed E-state index contributed by atoms with van der Waals surface area (Å²) >= 11 is 12.5. The molecular formula is C21H24Cl2N4O3. The maximum atomic E-state index is 12.7. The lowest BCUT2D eigenvalue weighted by atomic mass is 9.95. The van der Waals surface area contributed by atoms with Crippen LogP contribution in [0.3, 0.4) is 0 Å². The minimum atomic E-state index is -0.857. The molecule has 0 saturated carbocycles. The minimum absolute atomic E-state index is 0.0623. The molecule has 2 aromatic rings. The first kappa shape index (κ1) is 22.2. The van der Waals surface area contributed by atoms with E-state index >= 15 is 0 Å². The molecule has 0 aliphatic carbocycles. The zero-order chi connectivity index (χ0) is 21.5. The third-order valence-electron chi connectivity index (χ3n) is 5.10. The molecule has 7 nitrogen and oxygen atoms in total. The second kappa shape index (κ2) is 10.5. The molecular weight excluding hydrogens is 427 g/mol. The molecule has 1 aliphatic rings. The van der Waals surface area contributed by atoms with E-state index in [9.17, 15) is 9.59 Å². The van der Waals surface area contributed by atoms with Crippen LogP contribution in [0.15, 0.2) is 42.7 Å². The zero-order valence-corrected chi connectivity index (χ0v) is 17.9. The van der Waals surface area contributed by atoms with E-state index in [4.69, 9.17) is 33.7 Å². The first-order valence-corrected chi connectivity index (χ1v) is 10.5. The Hall–Kier alpha value is -2.51. The number of nitrogens with zero attached hydrogens (tertiary/aromatic N) is 2. The molecule has 160 valence electrons. The van der Waals surface area contributed by atoms with Gasteiger partial charge in [-0.3, -0.25) is 9.78 Å². The van der Waals surface area contributed by atoms with Gasteiger partial charge in [0.05, 0.1) is 22.3 Å². The summed E-state index contributed by atoms with van der Waals surface area (Å²) in [6.45, 7) is 1.53. The van der Waals surface area contributed by atoms with Crippen molar-refractivity contribution in [3.8, 4) is 0 Å². The fourth-order valence-corrected chi connectivity index (χ4v) is 4.23. The summed E-state index contributed by atoms with van der Waals surface area (Å²) in [6, 6.07) is 9.59. The highest BCUT2D eigenvalue weighted by Crippen LogP contribution is 2.35. The molecule has 1 aromatic heterocycles. The van der Waals surface area contributed by atoms with E-state index in [2.05, 4.69) is 15.2 Å². The van der Waals surface area contributed by atoms with Gasteiger partial charge in [0.2, 0.25) is 5.91 Å².